The van der Waals surface area contributed by atoms with Crippen molar-refractivity contribution in [2.45, 2.75) is 31.7 Å². The topological polar surface area (TPSA) is 59.1 Å². The molecule has 0 bridgehead atoms. The van der Waals surface area contributed by atoms with Gasteiger partial charge in [0.1, 0.15) is 5.75 Å². The zero-order valence-corrected chi connectivity index (χ0v) is 16.2. The first kappa shape index (κ1) is 20.2. The second-order valence-electron chi connectivity index (χ2n) is 6.99. The fourth-order valence-electron chi connectivity index (χ4n) is 3.13. The Kier molecular flexibility index (Phi) is 7.45. The van der Waals surface area contributed by atoms with Crippen LogP contribution in [0.3, 0.4) is 0 Å². The van der Waals surface area contributed by atoms with Gasteiger partial charge in [0.2, 0.25) is 5.91 Å². The van der Waals surface area contributed by atoms with E-state index in [-0.39, 0.29) is 30.3 Å². The summed E-state index contributed by atoms with van der Waals surface area (Å²) in [6, 6.07) is 7.95. The van der Waals surface area contributed by atoms with Crippen LogP contribution in [0.5, 0.6) is 5.75 Å². The van der Waals surface area contributed by atoms with Crippen LogP contribution in [-0.2, 0) is 14.3 Å². The number of ether oxygens (including phenoxy) is 2. The van der Waals surface area contributed by atoms with Crippen LogP contribution in [0.15, 0.2) is 24.3 Å². The minimum absolute atomic E-state index is 0.0441. The molecule has 26 heavy (non-hydrogen) atoms. The van der Waals surface area contributed by atoms with Crippen molar-refractivity contribution in [2.75, 3.05) is 41.4 Å². The third-order valence-corrected chi connectivity index (χ3v) is 5.10. The van der Waals surface area contributed by atoms with Gasteiger partial charge < -0.3 is 19.3 Å². The zero-order valence-electron chi connectivity index (χ0n) is 16.2. The Bertz CT molecular complexity index is 596. The van der Waals surface area contributed by atoms with Gasteiger partial charge in [-0.15, -0.1) is 0 Å². The van der Waals surface area contributed by atoms with E-state index in [0.29, 0.717) is 13.1 Å². The molecule has 1 aliphatic rings. The number of hydrogen-bond acceptors (Lipinski definition) is 5. The summed E-state index contributed by atoms with van der Waals surface area (Å²) in [6.45, 7) is 0.939. The maximum atomic E-state index is 12.9. The van der Waals surface area contributed by atoms with Gasteiger partial charge >= 0.3 is 5.97 Å². The Balaban J connectivity index is 2.14. The van der Waals surface area contributed by atoms with Crippen LogP contribution in [-0.4, -0.2) is 63.1 Å². The molecule has 1 aromatic carbocycles. The van der Waals surface area contributed by atoms with Crippen molar-refractivity contribution in [1.29, 1.82) is 0 Å². The lowest BCUT2D eigenvalue weighted by Crippen LogP contribution is -2.44. The number of benzene rings is 1. The Morgan fingerprint density at radius 3 is 2.27 bits per heavy atom. The molecule has 2 rings (SSSR count). The molecule has 0 aromatic heterocycles. The second-order valence-corrected chi connectivity index (χ2v) is 6.99. The van der Waals surface area contributed by atoms with Crippen LogP contribution in [0.25, 0.3) is 0 Å². The number of methoxy groups -OCH3 is 2. The van der Waals surface area contributed by atoms with E-state index in [1.807, 2.05) is 43.3 Å². The van der Waals surface area contributed by atoms with Gasteiger partial charge in [-0.05, 0) is 44.6 Å². The summed E-state index contributed by atoms with van der Waals surface area (Å²) in [4.78, 5) is 28.3. The van der Waals surface area contributed by atoms with Gasteiger partial charge in [-0.1, -0.05) is 18.6 Å². The normalized spacial score (nSPS) is 15.3. The average molecular weight is 362 g/mol. The highest BCUT2D eigenvalue weighted by molar-refractivity contribution is 5.80. The molecular weight excluding hydrogens is 332 g/mol. The average Bonchev–Trinajstić information content (AvgIpc) is 2.59. The van der Waals surface area contributed by atoms with Crippen molar-refractivity contribution in [1.82, 2.24) is 9.80 Å². The lowest BCUT2D eigenvalue weighted by atomic mass is 9.84. The van der Waals surface area contributed by atoms with Gasteiger partial charge in [-0.25, -0.2) is 0 Å². The standard InChI is InChI=1S/C20H30N2O4/c1-21(2)18(15-8-10-17(25-3)11-9-15)14-22(13-12-19(23)26-4)20(24)16-6-5-7-16/h8-11,16,18H,5-7,12-14H2,1-4H3. The van der Waals surface area contributed by atoms with E-state index in [0.717, 1.165) is 30.6 Å². The Labute approximate surface area is 156 Å². The van der Waals surface area contributed by atoms with Gasteiger partial charge in [0.25, 0.3) is 0 Å². The number of likely N-dealkylation sites (N-methyl/N-ethyl adjacent to an activating group) is 1. The highest BCUT2D eigenvalue weighted by atomic mass is 16.5. The second kappa shape index (κ2) is 9.57. The van der Waals surface area contributed by atoms with Crippen molar-refractivity contribution in [3.63, 3.8) is 0 Å². The summed E-state index contributed by atoms with van der Waals surface area (Å²) in [5.41, 5.74) is 1.11. The largest absolute Gasteiger partial charge is 0.497 e. The summed E-state index contributed by atoms with van der Waals surface area (Å²) < 4.78 is 9.97. The zero-order chi connectivity index (χ0) is 19.1. The highest BCUT2D eigenvalue weighted by Crippen LogP contribution is 2.30. The van der Waals surface area contributed by atoms with E-state index >= 15 is 0 Å². The van der Waals surface area contributed by atoms with Crippen LogP contribution in [0.4, 0.5) is 0 Å². The molecule has 144 valence electrons. The molecule has 1 aliphatic carbocycles. The molecule has 0 saturated heterocycles. The van der Waals surface area contributed by atoms with E-state index in [1.54, 1.807) is 7.11 Å². The fraction of sp³-hybridized carbons (Fsp3) is 0.600. The number of nitrogens with zero attached hydrogens (tertiary/aromatic N) is 2. The molecule has 0 heterocycles. The van der Waals surface area contributed by atoms with Gasteiger partial charge in [-0.3, -0.25) is 9.59 Å². The summed E-state index contributed by atoms with van der Waals surface area (Å²) in [7, 11) is 7.02. The molecule has 1 amide bonds. The van der Waals surface area contributed by atoms with Crippen LogP contribution in [0, 0.1) is 5.92 Å². The molecule has 0 aliphatic heterocycles. The summed E-state index contributed by atoms with van der Waals surface area (Å²) >= 11 is 0. The maximum Gasteiger partial charge on any atom is 0.307 e. The van der Waals surface area contributed by atoms with Crippen molar-refractivity contribution >= 4 is 11.9 Å². The Morgan fingerprint density at radius 2 is 1.81 bits per heavy atom. The van der Waals surface area contributed by atoms with Gasteiger partial charge in [-0.2, -0.15) is 0 Å². The lowest BCUT2D eigenvalue weighted by molar-refractivity contribution is -0.143. The first-order valence-electron chi connectivity index (χ1n) is 9.12. The number of carbonyl (C=O) groups is 2. The third kappa shape index (κ3) is 5.21. The number of amides is 1. The predicted octanol–water partition coefficient (Wildman–Crippen LogP) is 2.49. The molecule has 0 spiro atoms. The van der Waals surface area contributed by atoms with Crippen LogP contribution in [0.1, 0.15) is 37.3 Å². The van der Waals surface area contributed by atoms with Crippen molar-refractivity contribution in [2.24, 2.45) is 5.92 Å². The molecule has 0 N–H and O–H groups in total. The van der Waals surface area contributed by atoms with E-state index in [4.69, 9.17) is 9.47 Å². The first-order valence-corrected chi connectivity index (χ1v) is 9.12. The van der Waals surface area contributed by atoms with Gasteiger partial charge in [0.15, 0.2) is 0 Å². The summed E-state index contributed by atoms with van der Waals surface area (Å²) in [6.07, 6.45) is 3.22. The van der Waals surface area contributed by atoms with E-state index < -0.39 is 0 Å². The van der Waals surface area contributed by atoms with Gasteiger partial charge in [0.05, 0.1) is 26.7 Å². The molecule has 1 aromatic rings. The molecule has 1 unspecified atom stereocenters. The minimum Gasteiger partial charge on any atom is -0.497 e. The molecule has 1 fully saturated rings. The SMILES string of the molecule is COC(=O)CCN(CC(c1ccc(OC)cc1)N(C)C)C(=O)C1CCC1. The van der Waals surface area contributed by atoms with E-state index in [2.05, 4.69) is 4.90 Å². The molecule has 1 saturated carbocycles. The highest BCUT2D eigenvalue weighted by Gasteiger charge is 2.31. The quantitative estimate of drug-likeness (QED) is 0.632. The predicted molar refractivity (Wildman–Crippen MR) is 100.0 cm³/mol. The maximum absolute atomic E-state index is 12.9. The number of rotatable bonds is 9. The Hall–Kier alpha value is -2.08. The van der Waals surface area contributed by atoms with Crippen LogP contribution >= 0.6 is 0 Å². The Morgan fingerprint density at radius 1 is 1.15 bits per heavy atom. The summed E-state index contributed by atoms with van der Waals surface area (Å²) in [5.74, 6) is 0.772. The molecule has 0 radical (unpaired) electrons. The van der Waals surface area contributed by atoms with Crippen molar-refractivity contribution in [3.05, 3.63) is 29.8 Å². The molecule has 1 atom stereocenters. The van der Waals surface area contributed by atoms with Crippen LogP contribution < -0.4 is 4.74 Å². The molecule has 6 nitrogen and oxygen atoms in total. The minimum atomic E-state index is -0.290. The van der Waals surface area contributed by atoms with E-state index in [1.165, 1.54) is 7.11 Å². The summed E-state index contributed by atoms with van der Waals surface area (Å²) in [5, 5.41) is 0. The first-order chi connectivity index (χ1) is 12.5. The van der Waals surface area contributed by atoms with E-state index in [9.17, 15) is 9.59 Å². The fourth-order valence-corrected chi connectivity index (χ4v) is 3.13. The molecular formula is C20H30N2O4. The monoisotopic (exact) mass is 362 g/mol. The number of esters is 1. The smallest absolute Gasteiger partial charge is 0.307 e. The number of carbonyl (C=O) groups excluding carboxylic acids is 2. The van der Waals surface area contributed by atoms with Gasteiger partial charge in [0, 0.05) is 19.0 Å². The lowest BCUT2D eigenvalue weighted by Gasteiger charge is -2.36. The van der Waals surface area contributed by atoms with Crippen molar-refractivity contribution < 1.29 is 19.1 Å². The third-order valence-electron chi connectivity index (χ3n) is 5.10. The van der Waals surface area contributed by atoms with Crippen molar-refractivity contribution in [3.8, 4) is 5.75 Å². The van der Waals surface area contributed by atoms with Crippen LogP contribution in [0.2, 0.25) is 0 Å². The number of hydrogen-bond donors (Lipinski definition) is 0. The molecule has 6 heteroatoms.